The highest BCUT2D eigenvalue weighted by Gasteiger charge is 2.23. The molecule has 3 heterocycles. The normalized spacial score (nSPS) is 17.7. The summed E-state index contributed by atoms with van der Waals surface area (Å²) in [4.78, 5) is 7.28. The molecular weight excluding hydrogens is 372 g/mol. The standard InChI is InChI=1S/C22H25ClN4O/c1-2-27-15-17(13-24-27)14-26-10-11-28-22(16-26)21-9-5-7-19(25-21)12-18-6-3-4-8-20(18)23/h3-9,13,15,22H,2,10-12,14,16H2,1H3. The average Bonchev–Trinajstić information content (AvgIpc) is 3.18. The van der Waals surface area contributed by atoms with Crippen molar-refractivity contribution >= 4 is 11.6 Å². The van der Waals surface area contributed by atoms with Crippen molar-refractivity contribution in [1.82, 2.24) is 19.7 Å². The molecule has 1 unspecified atom stereocenters. The number of halogens is 1. The summed E-state index contributed by atoms with van der Waals surface area (Å²) in [7, 11) is 0. The third-order valence-corrected chi connectivity index (χ3v) is 5.42. The minimum atomic E-state index is -0.0128. The Morgan fingerprint density at radius 3 is 2.89 bits per heavy atom. The predicted molar refractivity (Wildman–Crippen MR) is 110 cm³/mol. The first-order chi connectivity index (χ1) is 13.7. The number of nitrogens with zero attached hydrogens (tertiary/aromatic N) is 4. The molecule has 6 heteroatoms. The van der Waals surface area contributed by atoms with Crippen molar-refractivity contribution in [2.45, 2.75) is 32.5 Å². The molecule has 5 nitrogen and oxygen atoms in total. The molecular formula is C22H25ClN4O. The van der Waals surface area contributed by atoms with E-state index in [1.807, 2.05) is 41.2 Å². The number of pyridine rings is 1. The Labute approximate surface area is 170 Å². The summed E-state index contributed by atoms with van der Waals surface area (Å²) in [6, 6.07) is 14.1. The molecule has 1 fully saturated rings. The smallest absolute Gasteiger partial charge is 0.112 e. The molecule has 0 aliphatic carbocycles. The van der Waals surface area contributed by atoms with Crippen LogP contribution in [0, 0.1) is 0 Å². The van der Waals surface area contributed by atoms with Crippen molar-refractivity contribution in [1.29, 1.82) is 0 Å². The molecule has 1 atom stereocenters. The Balaban J connectivity index is 1.44. The van der Waals surface area contributed by atoms with Crippen LogP contribution in [0.25, 0.3) is 0 Å². The van der Waals surface area contributed by atoms with E-state index in [1.54, 1.807) is 0 Å². The van der Waals surface area contributed by atoms with E-state index in [9.17, 15) is 0 Å². The predicted octanol–water partition coefficient (Wildman–Crippen LogP) is 4.12. The average molecular weight is 397 g/mol. The van der Waals surface area contributed by atoms with Crippen molar-refractivity contribution in [3.05, 3.63) is 82.4 Å². The molecule has 0 amide bonds. The van der Waals surface area contributed by atoms with Crippen LogP contribution in [0.15, 0.2) is 54.9 Å². The van der Waals surface area contributed by atoms with Crippen LogP contribution in [-0.2, 0) is 24.2 Å². The number of rotatable bonds is 6. The summed E-state index contributed by atoms with van der Waals surface area (Å²) < 4.78 is 8.00. The molecule has 0 bridgehead atoms. The highest BCUT2D eigenvalue weighted by atomic mass is 35.5. The van der Waals surface area contributed by atoms with Gasteiger partial charge in [-0.2, -0.15) is 5.10 Å². The van der Waals surface area contributed by atoms with Crippen molar-refractivity contribution in [3.8, 4) is 0 Å². The van der Waals surface area contributed by atoms with Gasteiger partial charge in [-0.15, -0.1) is 0 Å². The summed E-state index contributed by atoms with van der Waals surface area (Å²) >= 11 is 6.30. The van der Waals surface area contributed by atoms with E-state index in [1.165, 1.54) is 5.56 Å². The van der Waals surface area contributed by atoms with Crippen LogP contribution in [0.1, 0.15) is 35.5 Å². The number of morpholine rings is 1. The quantitative estimate of drug-likeness (QED) is 0.628. The first kappa shape index (κ1) is 19.1. The molecule has 3 aromatic rings. The van der Waals surface area contributed by atoms with E-state index >= 15 is 0 Å². The largest absolute Gasteiger partial charge is 0.369 e. The van der Waals surface area contributed by atoms with Crippen LogP contribution < -0.4 is 0 Å². The third kappa shape index (κ3) is 4.61. The fraction of sp³-hybridized carbons (Fsp3) is 0.364. The van der Waals surface area contributed by atoms with Gasteiger partial charge in [0.05, 0.1) is 18.5 Å². The van der Waals surface area contributed by atoms with Gasteiger partial charge in [0.15, 0.2) is 0 Å². The summed E-state index contributed by atoms with van der Waals surface area (Å²) in [5.74, 6) is 0. The topological polar surface area (TPSA) is 43.2 Å². The van der Waals surface area contributed by atoms with E-state index in [2.05, 4.69) is 35.3 Å². The second kappa shape index (κ2) is 8.86. The number of aromatic nitrogens is 3. The van der Waals surface area contributed by atoms with Gasteiger partial charge in [0.2, 0.25) is 0 Å². The second-order valence-corrected chi connectivity index (χ2v) is 7.53. The minimum Gasteiger partial charge on any atom is -0.369 e. The third-order valence-electron chi connectivity index (χ3n) is 5.06. The summed E-state index contributed by atoms with van der Waals surface area (Å²) in [5.41, 5.74) is 4.32. The Kier molecular flexibility index (Phi) is 6.05. The van der Waals surface area contributed by atoms with E-state index < -0.39 is 0 Å². The number of hydrogen-bond acceptors (Lipinski definition) is 4. The molecule has 0 N–H and O–H groups in total. The first-order valence-electron chi connectivity index (χ1n) is 9.76. The molecule has 0 saturated carbocycles. The zero-order chi connectivity index (χ0) is 19.3. The summed E-state index contributed by atoms with van der Waals surface area (Å²) in [6.45, 7) is 6.35. The summed E-state index contributed by atoms with van der Waals surface area (Å²) in [5, 5.41) is 5.15. The fourth-order valence-electron chi connectivity index (χ4n) is 3.56. The van der Waals surface area contributed by atoms with Crippen molar-refractivity contribution in [3.63, 3.8) is 0 Å². The molecule has 28 heavy (non-hydrogen) atoms. The van der Waals surface area contributed by atoms with Crippen LogP contribution in [0.2, 0.25) is 5.02 Å². The SMILES string of the molecule is CCn1cc(CN2CCOC(c3cccc(Cc4ccccc4Cl)n3)C2)cn1. The lowest BCUT2D eigenvalue weighted by Crippen LogP contribution is -2.38. The lowest BCUT2D eigenvalue weighted by molar-refractivity contribution is -0.0350. The zero-order valence-electron chi connectivity index (χ0n) is 16.1. The van der Waals surface area contributed by atoms with Crippen molar-refractivity contribution in [2.24, 2.45) is 0 Å². The van der Waals surface area contributed by atoms with Gasteiger partial charge in [-0.05, 0) is 30.7 Å². The van der Waals surface area contributed by atoms with E-state index in [4.69, 9.17) is 21.3 Å². The molecule has 4 rings (SSSR count). The molecule has 1 aliphatic rings. The Morgan fingerprint density at radius 1 is 1.18 bits per heavy atom. The molecule has 1 saturated heterocycles. The molecule has 1 aliphatic heterocycles. The number of benzene rings is 1. The molecule has 0 spiro atoms. The number of aryl methyl sites for hydroxylation is 1. The van der Waals surface area contributed by atoms with E-state index in [0.717, 1.165) is 54.6 Å². The van der Waals surface area contributed by atoms with Crippen LogP contribution in [-0.4, -0.2) is 39.4 Å². The van der Waals surface area contributed by atoms with Crippen LogP contribution >= 0.6 is 11.6 Å². The first-order valence-corrected chi connectivity index (χ1v) is 10.1. The maximum atomic E-state index is 6.30. The highest BCUT2D eigenvalue weighted by Crippen LogP contribution is 2.24. The van der Waals surface area contributed by atoms with Gasteiger partial charge in [0.1, 0.15) is 6.10 Å². The lowest BCUT2D eigenvalue weighted by atomic mass is 10.1. The molecule has 1 aromatic carbocycles. The monoisotopic (exact) mass is 396 g/mol. The minimum absolute atomic E-state index is 0.0128. The second-order valence-electron chi connectivity index (χ2n) is 7.12. The van der Waals surface area contributed by atoms with Gasteiger partial charge < -0.3 is 4.74 Å². The molecule has 2 aromatic heterocycles. The highest BCUT2D eigenvalue weighted by molar-refractivity contribution is 6.31. The van der Waals surface area contributed by atoms with Crippen LogP contribution in [0.5, 0.6) is 0 Å². The maximum absolute atomic E-state index is 6.30. The van der Waals surface area contributed by atoms with Gasteiger partial charge in [0, 0.05) is 55.1 Å². The lowest BCUT2D eigenvalue weighted by Gasteiger charge is -2.32. The number of hydrogen-bond donors (Lipinski definition) is 0. The van der Waals surface area contributed by atoms with Gasteiger partial charge in [-0.25, -0.2) is 0 Å². The van der Waals surface area contributed by atoms with Crippen LogP contribution in [0.3, 0.4) is 0 Å². The Morgan fingerprint density at radius 2 is 2.07 bits per heavy atom. The van der Waals surface area contributed by atoms with Crippen LogP contribution in [0.4, 0.5) is 0 Å². The van der Waals surface area contributed by atoms with Gasteiger partial charge in [-0.1, -0.05) is 35.9 Å². The summed E-state index contributed by atoms with van der Waals surface area (Å²) in [6.07, 6.45) is 4.78. The fourth-order valence-corrected chi connectivity index (χ4v) is 3.76. The molecule has 0 radical (unpaired) electrons. The Hall–Kier alpha value is -2.21. The van der Waals surface area contributed by atoms with E-state index in [-0.39, 0.29) is 6.10 Å². The van der Waals surface area contributed by atoms with Gasteiger partial charge >= 0.3 is 0 Å². The number of ether oxygens (including phenoxy) is 1. The van der Waals surface area contributed by atoms with Crippen molar-refractivity contribution < 1.29 is 4.74 Å². The Bertz CT molecular complexity index is 926. The molecule has 146 valence electrons. The van der Waals surface area contributed by atoms with Crippen molar-refractivity contribution in [2.75, 3.05) is 19.7 Å². The van der Waals surface area contributed by atoms with E-state index in [0.29, 0.717) is 6.61 Å². The maximum Gasteiger partial charge on any atom is 0.112 e. The zero-order valence-corrected chi connectivity index (χ0v) is 16.8. The van der Waals surface area contributed by atoms with Gasteiger partial charge in [0.25, 0.3) is 0 Å². The van der Waals surface area contributed by atoms with Gasteiger partial charge in [-0.3, -0.25) is 14.6 Å².